The zero-order valence-corrected chi connectivity index (χ0v) is 11.9. The minimum Gasteiger partial charge on any atom is -0.353 e. The summed E-state index contributed by atoms with van der Waals surface area (Å²) < 4.78 is 1.94. The summed E-state index contributed by atoms with van der Waals surface area (Å²) in [6.45, 7) is 2.73. The van der Waals surface area contributed by atoms with Crippen LogP contribution in [0.2, 0.25) is 0 Å². The lowest BCUT2D eigenvalue weighted by Gasteiger charge is -2.12. The van der Waals surface area contributed by atoms with Gasteiger partial charge in [-0.2, -0.15) is 5.10 Å². The molecule has 1 aliphatic carbocycles. The maximum atomic E-state index is 12.0. The molecule has 1 heterocycles. The molecule has 1 N–H and O–H groups in total. The van der Waals surface area contributed by atoms with Crippen LogP contribution in [0.4, 0.5) is 0 Å². The molecular formula is C16H21N3O. The van der Waals surface area contributed by atoms with Crippen molar-refractivity contribution in [3.05, 3.63) is 30.0 Å². The summed E-state index contributed by atoms with van der Waals surface area (Å²) in [6, 6.07) is 6.58. The molecule has 0 atom stereocenters. The predicted molar refractivity (Wildman–Crippen MR) is 79.5 cm³/mol. The highest BCUT2D eigenvalue weighted by molar-refractivity contribution is 5.82. The summed E-state index contributed by atoms with van der Waals surface area (Å²) >= 11 is 0. The van der Waals surface area contributed by atoms with Gasteiger partial charge < -0.3 is 5.32 Å². The minimum absolute atomic E-state index is 0.147. The molecule has 1 saturated carbocycles. The van der Waals surface area contributed by atoms with Gasteiger partial charge in [0, 0.05) is 17.8 Å². The minimum atomic E-state index is 0.147. The number of nitrogens with zero attached hydrogens (tertiary/aromatic N) is 2. The van der Waals surface area contributed by atoms with E-state index in [0.717, 1.165) is 23.7 Å². The molecule has 0 aliphatic heterocycles. The highest BCUT2D eigenvalue weighted by Gasteiger charge is 2.17. The molecule has 0 unspecified atom stereocenters. The van der Waals surface area contributed by atoms with Gasteiger partial charge in [0.25, 0.3) is 0 Å². The molecule has 1 aromatic carbocycles. The van der Waals surface area contributed by atoms with Crippen LogP contribution in [-0.2, 0) is 11.3 Å². The molecule has 4 nitrogen and oxygen atoms in total. The molecule has 1 amide bonds. The number of fused-ring (bicyclic) bond motifs is 1. The van der Waals surface area contributed by atoms with E-state index < -0.39 is 0 Å². The number of nitrogens with one attached hydrogen (secondary N) is 1. The number of aromatic nitrogens is 2. The summed E-state index contributed by atoms with van der Waals surface area (Å²) in [5.41, 5.74) is 2.34. The van der Waals surface area contributed by atoms with Gasteiger partial charge in [-0.05, 0) is 25.3 Å². The van der Waals surface area contributed by atoms with E-state index in [-0.39, 0.29) is 5.91 Å². The number of rotatable bonds is 4. The Morgan fingerprint density at radius 1 is 1.40 bits per heavy atom. The standard InChI is InChI=1S/C16H21N3O/c1-12-5-4-6-13-11-17-19(16(12)13)10-9-15(20)18-14-7-2-3-8-14/h4-6,11,14H,2-3,7-10H2,1H3,(H,18,20). The molecule has 0 bridgehead atoms. The molecule has 4 heteroatoms. The molecule has 20 heavy (non-hydrogen) atoms. The second kappa shape index (κ2) is 5.65. The Balaban J connectivity index is 1.63. The van der Waals surface area contributed by atoms with Crippen LogP contribution in [0, 0.1) is 6.92 Å². The van der Waals surface area contributed by atoms with Crippen LogP contribution in [-0.4, -0.2) is 21.7 Å². The van der Waals surface area contributed by atoms with Crippen LogP contribution >= 0.6 is 0 Å². The zero-order chi connectivity index (χ0) is 13.9. The Morgan fingerprint density at radius 3 is 3.00 bits per heavy atom. The number of carbonyl (C=O) groups is 1. The van der Waals surface area contributed by atoms with Crippen molar-refractivity contribution in [2.75, 3.05) is 0 Å². The van der Waals surface area contributed by atoms with Crippen molar-refractivity contribution < 1.29 is 4.79 Å². The zero-order valence-electron chi connectivity index (χ0n) is 11.9. The van der Waals surface area contributed by atoms with Crippen LogP contribution in [0.15, 0.2) is 24.4 Å². The van der Waals surface area contributed by atoms with Crippen molar-refractivity contribution in [1.29, 1.82) is 0 Å². The SMILES string of the molecule is Cc1cccc2cnn(CCC(=O)NC3CCCC3)c12. The molecule has 3 rings (SSSR count). The summed E-state index contributed by atoms with van der Waals surface area (Å²) in [5, 5.41) is 8.66. The third-order valence-corrected chi connectivity index (χ3v) is 4.13. The van der Waals surface area contributed by atoms with Crippen LogP contribution in [0.3, 0.4) is 0 Å². The molecule has 1 aliphatic rings. The lowest BCUT2D eigenvalue weighted by atomic mass is 10.2. The first kappa shape index (κ1) is 13.2. The van der Waals surface area contributed by atoms with Crippen LogP contribution in [0.5, 0.6) is 0 Å². The molecule has 106 valence electrons. The molecule has 0 radical (unpaired) electrons. The number of para-hydroxylation sites is 1. The quantitative estimate of drug-likeness (QED) is 0.929. The first-order valence-corrected chi connectivity index (χ1v) is 7.44. The van der Waals surface area contributed by atoms with E-state index in [2.05, 4.69) is 29.5 Å². The van der Waals surface area contributed by atoms with E-state index in [1.54, 1.807) is 0 Å². The number of hydrogen-bond donors (Lipinski definition) is 1. The van der Waals surface area contributed by atoms with Crippen LogP contribution in [0.1, 0.15) is 37.7 Å². The van der Waals surface area contributed by atoms with E-state index >= 15 is 0 Å². The second-order valence-corrected chi connectivity index (χ2v) is 5.68. The highest BCUT2D eigenvalue weighted by Crippen LogP contribution is 2.19. The molecule has 1 aromatic heterocycles. The Labute approximate surface area is 119 Å². The van der Waals surface area contributed by atoms with Crippen molar-refractivity contribution in [2.45, 2.75) is 51.6 Å². The number of benzene rings is 1. The predicted octanol–water partition coefficient (Wildman–Crippen LogP) is 2.79. The summed E-state index contributed by atoms with van der Waals surface area (Å²) in [4.78, 5) is 12.0. The summed E-state index contributed by atoms with van der Waals surface area (Å²) in [6.07, 6.45) is 7.13. The number of carbonyl (C=O) groups excluding carboxylic acids is 1. The average Bonchev–Trinajstić information content (AvgIpc) is 3.06. The van der Waals surface area contributed by atoms with Gasteiger partial charge in [-0.3, -0.25) is 9.48 Å². The Hall–Kier alpha value is -1.84. The van der Waals surface area contributed by atoms with Gasteiger partial charge in [0.15, 0.2) is 0 Å². The third-order valence-electron chi connectivity index (χ3n) is 4.13. The van der Waals surface area contributed by atoms with Gasteiger partial charge in [0.05, 0.1) is 18.3 Å². The van der Waals surface area contributed by atoms with Gasteiger partial charge in [-0.1, -0.05) is 31.0 Å². The van der Waals surface area contributed by atoms with E-state index in [0.29, 0.717) is 19.0 Å². The third kappa shape index (κ3) is 2.69. The fraction of sp³-hybridized carbons (Fsp3) is 0.500. The number of hydrogen-bond acceptors (Lipinski definition) is 2. The topological polar surface area (TPSA) is 46.9 Å². The lowest BCUT2D eigenvalue weighted by Crippen LogP contribution is -2.33. The number of amides is 1. The fourth-order valence-corrected chi connectivity index (χ4v) is 3.08. The van der Waals surface area contributed by atoms with Crippen molar-refractivity contribution in [3.8, 4) is 0 Å². The van der Waals surface area contributed by atoms with E-state index in [1.807, 2.05) is 16.9 Å². The van der Waals surface area contributed by atoms with Crippen LogP contribution in [0.25, 0.3) is 10.9 Å². The van der Waals surface area contributed by atoms with Crippen molar-refractivity contribution in [3.63, 3.8) is 0 Å². The van der Waals surface area contributed by atoms with Crippen molar-refractivity contribution in [2.24, 2.45) is 0 Å². The van der Waals surface area contributed by atoms with Gasteiger partial charge in [0.2, 0.25) is 5.91 Å². The van der Waals surface area contributed by atoms with Gasteiger partial charge in [-0.25, -0.2) is 0 Å². The molecule has 1 fully saturated rings. The maximum absolute atomic E-state index is 12.0. The smallest absolute Gasteiger partial charge is 0.222 e. The summed E-state index contributed by atoms with van der Waals surface area (Å²) in [7, 11) is 0. The molecule has 0 saturated heterocycles. The van der Waals surface area contributed by atoms with E-state index in [4.69, 9.17) is 0 Å². The Bertz CT molecular complexity index is 611. The molecule has 0 spiro atoms. The second-order valence-electron chi connectivity index (χ2n) is 5.68. The fourth-order valence-electron chi connectivity index (χ4n) is 3.08. The van der Waals surface area contributed by atoms with E-state index in [1.165, 1.54) is 18.4 Å². The van der Waals surface area contributed by atoms with Crippen molar-refractivity contribution >= 4 is 16.8 Å². The Morgan fingerprint density at radius 2 is 2.20 bits per heavy atom. The van der Waals surface area contributed by atoms with Crippen molar-refractivity contribution in [1.82, 2.24) is 15.1 Å². The van der Waals surface area contributed by atoms with Gasteiger partial charge >= 0.3 is 0 Å². The summed E-state index contributed by atoms with van der Waals surface area (Å²) in [5.74, 6) is 0.147. The van der Waals surface area contributed by atoms with Crippen LogP contribution < -0.4 is 5.32 Å². The maximum Gasteiger partial charge on any atom is 0.222 e. The largest absolute Gasteiger partial charge is 0.353 e. The average molecular weight is 271 g/mol. The molecular weight excluding hydrogens is 250 g/mol. The van der Waals surface area contributed by atoms with E-state index in [9.17, 15) is 4.79 Å². The first-order chi connectivity index (χ1) is 9.74. The van der Waals surface area contributed by atoms with Gasteiger partial charge in [0.1, 0.15) is 0 Å². The first-order valence-electron chi connectivity index (χ1n) is 7.44. The van der Waals surface area contributed by atoms with Gasteiger partial charge in [-0.15, -0.1) is 0 Å². The lowest BCUT2D eigenvalue weighted by molar-refractivity contribution is -0.122. The normalized spacial score (nSPS) is 15.8. The number of aryl methyl sites for hydroxylation is 2. The molecule has 2 aromatic rings. The highest BCUT2D eigenvalue weighted by atomic mass is 16.1. The monoisotopic (exact) mass is 271 g/mol. The Kier molecular flexibility index (Phi) is 3.72.